The highest BCUT2D eigenvalue weighted by atomic mass is 16.2. The first-order valence-corrected chi connectivity index (χ1v) is 3.98. The average Bonchev–Trinajstić information content (AvgIpc) is 2.53. The van der Waals surface area contributed by atoms with E-state index in [0.29, 0.717) is 0 Å². The molecule has 0 bridgehead atoms. The van der Waals surface area contributed by atoms with Crippen LogP contribution in [0.15, 0.2) is 0 Å². The number of carbonyl (C=O) groups is 1. The minimum Gasteiger partial charge on any atom is -0.344 e. The van der Waals surface area contributed by atoms with E-state index in [0.717, 1.165) is 13.1 Å². The van der Waals surface area contributed by atoms with Gasteiger partial charge in [0.25, 0.3) is 11.7 Å². The Morgan fingerprint density at radius 3 is 3.00 bits per heavy atom. The van der Waals surface area contributed by atoms with E-state index in [9.17, 15) is 4.79 Å². The van der Waals surface area contributed by atoms with Gasteiger partial charge in [-0.15, -0.1) is 10.2 Å². The summed E-state index contributed by atoms with van der Waals surface area (Å²) in [5.74, 6) is -0.179. The van der Waals surface area contributed by atoms with Crippen molar-refractivity contribution in [3.8, 4) is 0 Å². The summed E-state index contributed by atoms with van der Waals surface area (Å²) in [6.07, 6.45) is 0. The summed E-state index contributed by atoms with van der Waals surface area (Å²) in [6, 6.07) is 0.219. The van der Waals surface area contributed by atoms with Gasteiger partial charge in [-0.3, -0.25) is 4.79 Å². The van der Waals surface area contributed by atoms with Crippen molar-refractivity contribution < 1.29 is 4.79 Å². The molecule has 1 aliphatic rings. The van der Waals surface area contributed by atoms with Gasteiger partial charge in [0.2, 0.25) is 0 Å². The zero-order valence-corrected chi connectivity index (χ0v) is 7.19. The molecular formula is C6H10N6O. The lowest BCUT2D eigenvalue weighted by atomic mass is 10.1. The molecule has 0 radical (unpaired) electrons. The highest BCUT2D eigenvalue weighted by Gasteiger charge is 2.26. The number of hydrogen-bond donors (Lipinski definition) is 2. The maximum absolute atomic E-state index is 11.3. The van der Waals surface area contributed by atoms with Crippen molar-refractivity contribution >= 4 is 5.91 Å². The molecule has 1 aliphatic heterocycles. The van der Waals surface area contributed by atoms with E-state index >= 15 is 0 Å². The Kier molecular flexibility index (Phi) is 1.93. The number of carbonyl (C=O) groups excluding carboxylic acids is 1. The lowest BCUT2D eigenvalue weighted by Crippen LogP contribution is -2.57. The van der Waals surface area contributed by atoms with E-state index in [2.05, 4.69) is 30.8 Å². The van der Waals surface area contributed by atoms with Crippen molar-refractivity contribution in [2.24, 2.45) is 0 Å². The maximum atomic E-state index is 11.3. The Morgan fingerprint density at radius 2 is 2.46 bits per heavy atom. The van der Waals surface area contributed by atoms with Gasteiger partial charge in [0, 0.05) is 13.1 Å². The zero-order chi connectivity index (χ0) is 9.26. The highest BCUT2D eigenvalue weighted by Crippen LogP contribution is 2.03. The van der Waals surface area contributed by atoms with E-state index in [-0.39, 0.29) is 17.8 Å². The van der Waals surface area contributed by atoms with Gasteiger partial charge in [0.05, 0.1) is 6.04 Å². The van der Waals surface area contributed by atoms with Crippen LogP contribution in [0.3, 0.4) is 0 Å². The Hall–Kier alpha value is -1.50. The Labute approximate surface area is 74.5 Å². The maximum Gasteiger partial charge on any atom is 0.293 e. The highest BCUT2D eigenvalue weighted by molar-refractivity contribution is 5.90. The predicted molar refractivity (Wildman–Crippen MR) is 42.9 cm³/mol. The summed E-state index contributed by atoms with van der Waals surface area (Å²) in [4.78, 5) is 13.4. The number of nitrogens with one attached hydrogen (secondary N) is 2. The van der Waals surface area contributed by atoms with Crippen LogP contribution in [-0.4, -0.2) is 57.6 Å². The monoisotopic (exact) mass is 182 g/mol. The molecule has 2 rings (SSSR count). The van der Waals surface area contributed by atoms with Gasteiger partial charge in [-0.1, -0.05) is 0 Å². The van der Waals surface area contributed by atoms with E-state index in [4.69, 9.17) is 0 Å². The molecule has 1 aromatic heterocycles. The second kappa shape index (κ2) is 3.09. The fourth-order valence-corrected chi connectivity index (χ4v) is 1.30. The third-order valence-electron chi connectivity index (χ3n) is 1.95. The standard InChI is InChI=1S/C6H10N6O/c1-12-2-4(3-12)7-6(13)5-8-10-11-9-5/h4H,2-3H2,1H3,(H,7,13)(H,8,9,10,11). The summed E-state index contributed by atoms with van der Waals surface area (Å²) >= 11 is 0. The largest absolute Gasteiger partial charge is 0.344 e. The molecule has 0 atom stereocenters. The van der Waals surface area contributed by atoms with Gasteiger partial charge >= 0.3 is 0 Å². The quantitative estimate of drug-likeness (QED) is 0.566. The van der Waals surface area contributed by atoms with Crippen molar-refractivity contribution in [2.45, 2.75) is 6.04 Å². The van der Waals surface area contributed by atoms with Crippen LogP contribution in [0.5, 0.6) is 0 Å². The fourth-order valence-electron chi connectivity index (χ4n) is 1.30. The predicted octanol–water partition coefficient (Wildman–Crippen LogP) is -1.76. The number of hydrogen-bond acceptors (Lipinski definition) is 5. The van der Waals surface area contributed by atoms with E-state index in [1.165, 1.54) is 0 Å². The molecule has 2 N–H and O–H groups in total. The van der Waals surface area contributed by atoms with Crippen molar-refractivity contribution in [2.75, 3.05) is 20.1 Å². The second-order valence-corrected chi connectivity index (χ2v) is 3.13. The van der Waals surface area contributed by atoms with Crippen LogP contribution in [0.2, 0.25) is 0 Å². The molecule has 13 heavy (non-hydrogen) atoms. The number of amides is 1. The van der Waals surface area contributed by atoms with Crippen LogP contribution in [0.25, 0.3) is 0 Å². The van der Waals surface area contributed by atoms with Gasteiger partial charge in [-0.25, -0.2) is 0 Å². The van der Waals surface area contributed by atoms with Gasteiger partial charge in [0.15, 0.2) is 0 Å². The molecule has 0 aromatic carbocycles. The van der Waals surface area contributed by atoms with Crippen LogP contribution >= 0.6 is 0 Å². The molecule has 1 aromatic rings. The number of nitrogens with zero attached hydrogens (tertiary/aromatic N) is 4. The number of tetrazole rings is 1. The Bertz CT molecular complexity index is 290. The minimum atomic E-state index is -0.271. The topological polar surface area (TPSA) is 86.8 Å². The van der Waals surface area contributed by atoms with Crippen LogP contribution in [0.1, 0.15) is 10.6 Å². The molecule has 7 heteroatoms. The third kappa shape index (κ3) is 1.64. The first-order valence-electron chi connectivity index (χ1n) is 3.98. The van der Waals surface area contributed by atoms with Gasteiger partial charge in [-0.05, 0) is 12.3 Å². The molecule has 0 unspecified atom stereocenters. The van der Waals surface area contributed by atoms with Crippen molar-refractivity contribution in [3.05, 3.63) is 5.82 Å². The van der Waals surface area contributed by atoms with Crippen LogP contribution in [0, 0.1) is 0 Å². The van der Waals surface area contributed by atoms with Crippen molar-refractivity contribution in [1.82, 2.24) is 30.8 Å². The zero-order valence-electron chi connectivity index (χ0n) is 7.19. The van der Waals surface area contributed by atoms with Crippen LogP contribution in [0.4, 0.5) is 0 Å². The number of rotatable bonds is 2. The first-order chi connectivity index (χ1) is 6.25. The summed E-state index contributed by atoms with van der Waals surface area (Å²) in [5.41, 5.74) is 0. The number of aromatic nitrogens is 4. The molecule has 0 aliphatic carbocycles. The van der Waals surface area contributed by atoms with E-state index in [1.54, 1.807) is 0 Å². The Balaban J connectivity index is 1.86. The molecule has 7 nitrogen and oxygen atoms in total. The normalized spacial score (nSPS) is 18.2. The van der Waals surface area contributed by atoms with Crippen LogP contribution < -0.4 is 5.32 Å². The molecule has 70 valence electrons. The molecule has 1 saturated heterocycles. The summed E-state index contributed by atoms with van der Waals surface area (Å²) in [5, 5.41) is 15.5. The molecule has 0 saturated carbocycles. The summed E-state index contributed by atoms with van der Waals surface area (Å²) in [7, 11) is 2.00. The Morgan fingerprint density at radius 1 is 1.69 bits per heavy atom. The minimum absolute atomic E-state index is 0.0922. The summed E-state index contributed by atoms with van der Waals surface area (Å²) in [6.45, 7) is 1.76. The first kappa shape index (κ1) is 8.11. The van der Waals surface area contributed by atoms with E-state index in [1.807, 2.05) is 7.05 Å². The van der Waals surface area contributed by atoms with Gasteiger partial charge in [0.1, 0.15) is 0 Å². The number of H-pyrrole nitrogens is 1. The van der Waals surface area contributed by atoms with Gasteiger partial charge in [-0.2, -0.15) is 5.21 Å². The third-order valence-corrected chi connectivity index (χ3v) is 1.95. The smallest absolute Gasteiger partial charge is 0.293 e. The van der Waals surface area contributed by atoms with E-state index < -0.39 is 0 Å². The molecule has 0 spiro atoms. The molecule has 2 heterocycles. The second-order valence-electron chi connectivity index (χ2n) is 3.13. The van der Waals surface area contributed by atoms with Crippen molar-refractivity contribution in [3.63, 3.8) is 0 Å². The summed E-state index contributed by atoms with van der Waals surface area (Å²) < 4.78 is 0. The van der Waals surface area contributed by atoms with Crippen molar-refractivity contribution in [1.29, 1.82) is 0 Å². The average molecular weight is 182 g/mol. The number of likely N-dealkylation sites (tertiary alicyclic amines) is 1. The SMILES string of the molecule is CN1CC(NC(=O)c2nn[nH]n2)C1. The lowest BCUT2D eigenvalue weighted by molar-refractivity contribution is 0.0847. The fraction of sp³-hybridized carbons (Fsp3) is 0.667. The molecule has 1 fully saturated rings. The number of likely N-dealkylation sites (N-methyl/N-ethyl adjacent to an activating group) is 1. The number of aromatic amines is 1. The molecular weight excluding hydrogens is 172 g/mol. The molecule has 1 amide bonds. The van der Waals surface area contributed by atoms with Gasteiger partial charge < -0.3 is 10.2 Å². The van der Waals surface area contributed by atoms with Crippen LogP contribution in [-0.2, 0) is 0 Å². The lowest BCUT2D eigenvalue weighted by Gasteiger charge is -2.36.